The summed E-state index contributed by atoms with van der Waals surface area (Å²) in [6.45, 7) is 0. The number of ketones is 1. The third-order valence-electron chi connectivity index (χ3n) is 3.38. The molecule has 0 radical (unpaired) electrons. The Bertz CT molecular complexity index is 570. The zero-order chi connectivity index (χ0) is 12.4. The number of hydrogen-bond donors (Lipinski definition) is 0. The zero-order valence-electron chi connectivity index (χ0n) is 10.1. The highest BCUT2D eigenvalue weighted by atomic mass is 32.2. The molecule has 92 valence electrons. The van der Waals surface area contributed by atoms with Gasteiger partial charge in [-0.3, -0.25) is 9.78 Å². The Morgan fingerprint density at radius 1 is 1.22 bits per heavy atom. The minimum absolute atomic E-state index is 0.143. The number of carbonyl (C=O) groups excluding carboxylic acids is 1. The molecular weight excluding hydrogens is 242 g/mol. The van der Waals surface area contributed by atoms with Crippen molar-refractivity contribution in [3.8, 4) is 0 Å². The summed E-state index contributed by atoms with van der Waals surface area (Å²) in [6, 6.07) is 9.70. The Morgan fingerprint density at radius 3 is 3.00 bits per heavy atom. The van der Waals surface area contributed by atoms with Gasteiger partial charge in [-0.2, -0.15) is 11.8 Å². The molecule has 2 aromatic rings. The molecule has 1 aliphatic rings. The second-order valence-corrected chi connectivity index (χ2v) is 5.91. The van der Waals surface area contributed by atoms with Crippen molar-refractivity contribution >= 4 is 28.4 Å². The fourth-order valence-electron chi connectivity index (χ4n) is 2.44. The van der Waals surface area contributed by atoms with Crippen molar-refractivity contribution in [2.75, 3.05) is 5.75 Å². The maximum Gasteiger partial charge on any atom is 0.176 e. The van der Waals surface area contributed by atoms with E-state index >= 15 is 0 Å². The van der Waals surface area contributed by atoms with Gasteiger partial charge in [-0.05, 0) is 30.7 Å². The van der Waals surface area contributed by atoms with Crippen molar-refractivity contribution in [3.05, 3.63) is 42.1 Å². The molecule has 1 atom stereocenters. The van der Waals surface area contributed by atoms with Gasteiger partial charge < -0.3 is 0 Å². The number of carbonyl (C=O) groups is 1. The van der Waals surface area contributed by atoms with E-state index in [4.69, 9.17) is 0 Å². The molecule has 0 aliphatic carbocycles. The standard InChI is InChI=1S/C15H15NOS/c17-15(14-8-1-2-10-18-14)12-5-3-7-13-11(12)6-4-9-16-13/h3-7,9,14H,1-2,8,10H2. The summed E-state index contributed by atoms with van der Waals surface area (Å²) in [5.41, 5.74) is 1.74. The van der Waals surface area contributed by atoms with Gasteiger partial charge in [0.25, 0.3) is 0 Å². The van der Waals surface area contributed by atoms with Crippen molar-refractivity contribution in [2.24, 2.45) is 0 Å². The van der Waals surface area contributed by atoms with Gasteiger partial charge in [-0.1, -0.05) is 24.6 Å². The maximum absolute atomic E-state index is 12.6. The van der Waals surface area contributed by atoms with E-state index in [1.807, 2.05) is 30.3 Å². The van der Waals surface area contributed by atoms with Crippen LogP contribution in [0.1, 0.15) is 29.6 Å². The van der Waals surface area contributed by atoms with Gasteiger partial charge >= 0.3 is 0 Å². The van der Waals surface area contributed by atoms with E-state index in [-0.39, 0.29) is 11.0 Å². The molecule has 1 aliphatic heterocycles. The number of nitrogens with zero attached hydrogens (tertiary/aromatic N) is 1. The summed E-state index contributed by atoms with van der Waals surface area (Å²) in [7, 11) is 0. The summed E-state index contributed by atoms with van der Waals surface area (Å²) in [5.74, 6) is 1.39. The van der Waals surface area contributed by atoms with Gasteiger partial charge in [0.2, 0.25) is 0 Å². The zero-order valence-corrected chi connectivity index (χ0v) is 11.0. The monoisotopic (exact) mass is 257 g/mol. The lowest BCUT2D eigenvalue weighted by atomic mass is 10.00. The van der Waals surface area contributed by atoms with Crippen molar-refractivity contribution < 1.29 is 4.79 Å². The molecule has 1 unspecified atom stereocenters. The van der Waals surface area contributed by atoms with Crippen LogP contribution < -0.4 is 0 Å². The summed E-state index contributed by atoms with van der Waals surface area (Å²) in [6.07, 6.45) is 5.20. The molecule has 3 heteroatoms. The molecule has 2 nitrogen and oxygen atoms in total. The normalized spacial score (nSPS) is 19.9. The fraction of sp³-hybridized carbons (Fsp3) is 0.333. The van der Waals surface area contributed by atoms with Crippen LogP contribution in [0.25, 0.3) is 10.9 Å². The van der Waals surface area contributed by atoms with E-state index in [1.165, 1.54) is 12.8 Å². The van der Waals surface area contributed by atoms with Crippen molar-refractivity contribution in [3.63, 3.8) is 0 Å². The molecule has 0 N–H and O–H groups in total. The molecule has 0 bridgehead atoms. The largest absolute Gasteiger partial charge is 0.293 e. The average Bonchev–Trinajstić information content (AvgIpc) is 2.47. The first kappa shape index (κ1) is 11.7. The smallest absolute Gasteiger partial charge is 0.176 e. The molecule has 0 amide bonds. The van der Waals surface area contributed by atoms with E-state index in [9.17, 15) is 4.79 Å². The number of rotatable bonds is 2. The fourth-order valence-corrected chi connectivity index (χ4v) is 3.71. The summed E-state index contributed by atoms with van der Waals surface area (Å²) < 4.78 is 0. The Hall–Kier alpha value is -1.35. The molecular formula is C15H15NOS. The van der Waals surface area contributed by atoms with Gasteiger partial charge in [0.1, 0.15) is 0 Å². The summed E-state index contributed by atoms with van der Waals surface area (Å²) >= 11 is 1.80. The van der Waals surface area contributed by atoms with Crippen molar-refractivity contribution in [1.82, 2.24) is 4.98 Å². The van der Waals surface area contributed by atoms with E-state index in [2.05, 4.69) is 4.98 Å². The highest BCUT2D eigenvalue weighted by Gasteiger charge is 2.24. The van der Waals surface area contributed by atoms with E-state index in [0.29, 0.717) is 0 Å². The van der Waals surface area contributed by atoms with Crippen LogP contribution in [0.2, 0.25) is 0 Å². The van der Waals surface area contributed by atoms with Gasteiger partial charge in [0.05, 0.1) is 10.8 Å². The van der Waals surface area contributed by atoms with Crippen LogP contribution in [0.5, 0.6) is 0 Å². The third kappa shape index (κ3) is 2.15. The minimum Gasteiger partial charge on any atom is -0.293 e. The van der Waals surface area contributed by atoms with E-state index < -0.39 is 0 Å². The minimum atomic E-state index is 0.143. The first-order chi connectivity index (χ1) is 8.86. The number of thioether (sulfide) groups is 1. The molecule has 1 saturated heterocycles. The molecule has 0 spiro atoms. The number of Topliss-reactive ketones (excluding diaryl/α,β-unsaturated/α-hetero) is 1. The highest BCUT2D eigenvalue weighted by molar-refractivity contribution is 8.00. The van der Waals surface area contributed by atoms with E-state index in [0.717, 1.165) is 28.6 Å². The van der Waals surface area contributed by atoms with Gasteiger partial charge in [0.15, 0.2) is 5.78 Å². The van der Waals surface area contributed by atoms with Crippen LogP contribution in [-0.2, 0) is 0 Å². The predicted octanol–water partition coefficient (Wildman–Crippen LogP) is 3.70. The quantitative estimate of drug-likeness (QED) is 0.768. The molecule has 1 aromatic carbocycles. The highest BCUT2D eigenvalue weighted by Crippen LogP contribution is 2.29. The van der Waals surface area contributed by atoms with Gasteiger partial charge in [-0.25, -0.2) is 0 Å². The number of hydrogen-bond acceptors (Lipinski definition) is 3. The number of benzene rings is 1. The third-order valence-corrected chi connectivity index (χ3v) is 4.76. The average molecular weight is 257 g/mol. The topological polar surface area (TPSA) is 30.0 Å². The second-order valence-electron chi connectivity index (χ2n) is 4.60. The lowest BCUT2D eigenvalue weighted by Gasteiger charge is -2.20. The molecule has 1 aromatic heterocycles. The van der Waals surface area contributed by atoms with Gasteiger partial charge in [-0.15, -0.1) is 0 Å². The van der Waals surface area contributed by atoms with Crippen LogP contribution in [-0.4, -0.2) is 21.8 Å². The molecule has 18 heavy (non-hydrogen) atoms. The first-order valence-electron chi connectivity index (χ1n) is 6.36. The van der Waals surface area contributed by atoms with Crippen LogP contribution in [0.4, 0.5) is 0 Å². The number of pyridine rings is 1. The maximum atomic E-state index is 12.6. The molecule has 2 heterocycles. The lowest BCUT2D eigenvalue weighted by Crippen LogP contribution is -2.21. The molecule has 0 saturated carbocycles. The first-order valence-corrected chi connectivity index (χ1v) is 7.41. The van der Waals surface area contributed by atoms with Gasteiger partial charge in [0, 0.05) is 17.1 Å². The Kier molecular flexibility index (Phi) is 3.33. The predicted molar refractivity (Wildman–Crippen MR) is 76.2 cm³/mol. The second kappa shape index (κ2) is 5.11. The molecule has 3 rings (SSSR count). The number of fused-ring (bicyclic) bond motifs is 1. The summed E-state index contributed by atoms with van der Waals surface area (Å²) in [4.78, 5) is 16.9. The SMILES string of the molecule is O=C(c1cccc2ncccc12)C1CCCCS1. The lowest BCUT2D eigenvalue weighted by molar-refractivity contribution is 0.0986. The Morgan fingerprint density at radius 2 is 2.17 bits per heavy atom. The Labute approximate surface area is 111 Å². The van der Waals surface area contributed by atoms with Crippen LogP contribution in [0, 0.1) is 0 Å². The van der Waals surface area contributed by atoms with Crippen molar-refractivity contribution in [2.45, 2.75) is 24.5 Å². The van der Waals surface area contributed by atoms with Crippen LogP contribution >= 0.6 is 11.8 Å². The summed E-state index contributed by atoms with van der Waals surface area (Å²) in [5, 5.41) is 1.13. The molecule has 1 fully saturated rings. The van der Waals surface area contributed by atoms with Crippen LogP contribution in [0.15, 0.2) is 36.5 Å². The van der Waals surface area contributed by atoms with Crippen molar-refractivity contribution in [1.29, 1.82) is 0 Å². The van der Waals surface area contributed by atoms with Crippen LogP contribution in [0.3, 0.4) is 0 Å². The number of aromatic nitrogens is 1. The Balaban J connectivity index is 2.00. The van der Waals surface area contributed by atoms with E-state index in [1.54, 1.807) is 18.0 Å².